The highest BCUT2D eigenvalue weighted by molar-refractivity contribution is 5.90. The van der Waals surface area contributed by atoms with Crippen LogP contribution < -0.4 is 14.5 Å². The lowest BCUT2D eigenvalue weighted by atomic mass is 10.0. The summed E-state index contributed by atoms with van der Waals surface area (Å²) in [4.78, 5) is 8.65. The lowest BCUT2D eigenvalue weighted by molar-refractivity contribution is 0.163. The standard InChI is InChI=1S/C23H22F2N4O/c1-16-15-29(11-8-27-16)22-12-17(14-26)2-4-21(22)28-9-6-19(7-10-28)30-23-5-3-18(24)13-20(23)25/h2-5,8,11-13,19H,6-7,9-10,15H2,1H3. The first-order chi connectivity index (χ1) is 14.5. The van der Waals surface area contributed by atoms with Crippen LogP contribution in [0.1, 0.15) is 25.3 Å². The predicted octanol–water partition coefficient (Wildman–Crippen LogP) is 4.64. The first kappa shape index (κ1) is 19.9. The van der Waals surface area contributed by atoms with E-state index in [1.165, 1.54) is 12.1 Å². The predicted molar refractivity (Wildman–Crippen MR) is 113 cm³/mol. The molecule has 0 bridgehead atoms. The second-order valence-electron chi connectivity index (χ2n) is 7.48. The van der Waals surface area contributed by atoms with E-state index in [1.807, 2.05) is 31.3 Å². The van der Waals surface area contributed by atoms with E-state index in [4.69, 9.17) is 4.74 Å². The summed E-state index contributed by atoms with van der Waals surface area (Å²) >= 11 is 0. The molecule has 2 aromatic carbocycles. The number of anilines is 2. The van der Waals surface area contributed by atoms with Gasteiger partial charge in [0.25, 0.3) is 0 Å². The van der Waals surface area contributed by atoms with E-state index < -0.39 is 11.6 Å². The number of halogens is 2. The number of nitriles is 1. The van der Waals surface area contributed by atoms with Crippen molar-refractivity contribution in [1.29, 1.82) is 5.26 Å². The smallest absolute Gasteiger partial charge is 0.167 e. The second kappa shape index (κ2) is 8.54. The zero-order valence-electron chi connectivity index (χ0n) is 16.7. The third-order valence-electron chi connectivity index (χ3n) is 5.32. The van der Waals surface area contributed by atoms with E-state index in [-0.39, 0.29) is 11.9 Å². The highest BCUT2D eigenvalue weighted by atomic mass is 19.1. The molecule has 0 unspecified atom stereocenters. The molecular weight excluding hydrogens is 386 g/mol. The molecule has 0 atom stereocenters. The molecule has 154 valence electrons. The van der Waals surface area contributed by atoms with E-state index >= 15 is 0 Å². The van der Waals surface area contributed by atoms with Crippen LogP contribution in [0.25, 0.3) is 0 Å². The van der Waals surface area contributed by atoms with Gasteiger partial charge in [0.2, 0.25) is 0 Å². The molecule has 0 aromatic heterocycles. The van der Waals surface area contributed by atoms with Crippen molar-refractivity contribution in [1.82, 2.24) is 0 Å². The molecule has 5 nitrogen and oxygen atoms in total. The van der Waals surface area contributed by atoms with E-state index in [0.29, 0.717) is 24.9 Å². The number of piperidine rings is 1. The molecule has 1 saturated heterocycles. The van der Waals surface area contributed by atoms with Gasteiger partial charge in [0.15, 0.2) is 11.6 Å². The van der Waals surface area contributed by atoms with Gasteiger partial charge in [-0.25, -0.2) is 8.78 Å². The quantitative estimate of drug-likeness (QED) is 0.740. The van der Waals surface area contributed by atoms with Crippen molar-refractivity contribution in [3.05, 3.63) is 66.0 Å². The van der Waals surface area contributed by atoms with Crippen LogP contribution in [0, 0.1) is 23.0 Å². The van der Waals surface area contributed by atoms with Crippen molar-refractivity contribution in [3.63, 3.8) is 0 Å². The van der Waals surface area contributed by atoms with E-state index in [2.05, 4.69) is 20.9 Å². The van der Waals surface area contributed by atoms with Gasteiger partial charge < -0.3 is 14.5 Å². The monoisotopic (exact) mass is 408 g/mol. The molecule has 0 aliphatic carbocycles. The molecule has 0 radical (unpaired) electrons. The SMILES string of the molecule is CC1=NC=CN(c2cc(C#N)ccc2N2CCC(Oc3ccc(F)cc3F)CC2)C1. The summed E-state index contributed by atoms with van der Waals surface area (Å²) in [6, 6.07) is 11.3. The lowest BCUT2D eigenvalue weighted by Gasteiger charge is -2.36. The fourth-order valence-corrected chi connectivity index (χ4v) is 3.80. The summed E-state index contributed by atoms with van der Waals surface area (Å²) in [7, 11) is 0. The van der Waals surface area contributed by atoms with Crippen molar-refractivity contribution in [2.45, 2.75) is 25.9 Å². The van der Waals surface area contributed by atoms with Crippen molar-refractivity contribution >= 4 is 17.1 Å². The molecule has 1 fully saturated rings. The zero-order chi connectivity index (χ0) is 21.1. The van der Waals surface area contributed by atoms with Gasteiger partial charge in [0.1, 0.15) is 11.9 Å². The molecule has 2 aliphatic heterocycles. The number of hydrogen-bond donors (Lipinski definition) is 0. The minimum atomic E-state index is -0.680. The molecule has 0 saturated carbocycles. The first-order valence-corrected chi connectivity index (χ1v) is 9.91. The molecule has 2 aromatic rings. The summed E-state index contributed by atoms with van der Waals surface area (Å²) in [5.41, 5.74) is 3.61. The summed E-state index contributed by atoms with van der Waals surface area (Å²) in [6.07, 6.45) is 4.98. The van der Waals surface area contributed by atoms with Crippen LogP contribution in [0.5, 0.6) is 5.75 Å². The Bertz CT molecular complexity index is 1040. The van der Waals surface area contributed by atoms with E-state index in [0.717, 1.165) is 36.2 Å². The Labute approximate surface area is 174 Å². The second-order valence-corrected chi connectivity index (χ2v) is 7.48. The van der Waals surface area contributed by atoms with Gasteiger partial charge in [-0.3, -0.25) is 4.99 Å². The molecule has 2 aliphatic rings. The summed E-state index contributed by atoms with van der Waals surface area (Å²) in [5, 5.41) is 9.33. The number of rotatable bonds is 4. The third kappa shape index (κ3) is 4.28. The van der Waals surface area contributed by atoms with E-state index in [9.17, 15) is 14.0 Å². The summed E-state index contributed by atoms with van der Waals surface area (Å²) in [6.45, 7) is 4.11. The van der Waals surface area contributed by atoms with Gasteiger partial charge >= 0.3 is 0 Å². The largest absolute Gasteiger partial charge is 0.487 e. The third-order valence-corrected chi connectivity index (χ3v) is 5.32. The lowest BCUT2D eigenvalue weighted by Crippen LogP contribution is -2.39. The Morgan fingerprint density at radius 1 is 1.10 bits per heavy atom. The molecule has 2 heterocycles. The first-order valence-electron chi connectivity index (χ1n) is 9.91. The Morgan fingerprint density at radius 2 is 1.90 bits per heavy atom. The topological polar surface area (TPSA) is 51.9 Å². The van der Waals surface area contributed by atoms with Crippen LogP contribution in [0.15, 0.2) is 53.8 Å². The minimum absolute atomic E-state index is 0.0853. The van der Waals surface area contributed by atoms with Crippen LogP contribution in [0.3, 0.4) is 0 Å². The highest BCUT2D eigenvalue weighted by Gasteiger charge is 2.25. The zero-order valence-corrected chi connectivity index (χ0v) is 16.7. The maximum Gasteiger partial charge on any atom is 0.167 e. The maximum atomic E-state index is 13.9. The van der Waals surface area contributed by atoms with Crippen LogP contribution in [-0.4, -0.2) is 31.4 Å². The molecule has 7 heteroatoms. The number of nitrogens with zero attached hydrogens (tertiary/aromatic N) is 4. The maximum absolute atomic E-state index is 13.9. The number of benzene rings is 2. The number of aliphatic imine (C=N–C) groups is 1. The van der Waals surface area contributed by atoms with Gasteiger partial charge in [0, 0.05) is 50.1 Å². The van der Waals surface area contributed by atoms with Gasteiger partial charge in [-0.15, -0.1) is 0 Å². The Morgan fingerprint density at radius 3 is 2.60 bits per heavy atom. The summed E-state index contributed by atoms with van der Waals surface area (Å²) < 4.78 is 32.8. The average molecular weight is 408 g/mol. The highest BCUT2D eigenvalue weighted by Crippen LogP contribution is 2.34. The van der Waals surface area contributed by atoms with Gasteiger partial charge in [-0.1, -0.05) is 0 Å². The molecular formula is C23H22F2N4O. The van der Waals surface area contributed by atoms with Crippen LogP contribution >= 0.6 is 0 Å². The molecule has 30 heavy (non-hydrogen) atoms. The fraction of sp³-hybridized carbons (Fsp3) is 0.304. The Kier molecular flexibility index (Phi) is 5.66. The molecule has 4 rings (SSSR count). The number of ether oxygens (including phenoxy) is 1. The van der Waals surface area contributed by atoms with Gasteiger partial charge in [0.05, 0.1) is 29.6 Å². The normalized spacial score (nSPS) is 16.9. The van der Waals surface area contributed by atoms with Crippen molar-refractivity contribution < 1.29 is 13.5 Å². The van der Waals surface area contributed by atoms with Crippen molar-refractivity contribution in [2.24, 2.45) is 4.99 Å². The molecule has 0 N–H and O–H groups in total. The molecule has 0 spiro atoms. The van der Waals surface area contributed by atoms with Gasteiger partial charge in [-0.2, -0.15) is 5.26 Å². The van der Waals surface area contributed by atoms with Gasteiger partial charge in [-0.05, 0) is 37.3 Å². The van der Waals surface area contributed by atoms with Crippen LogP contribution in [0.4, 0.5) is 20.2 Å². The van der Waals surface area contributed by atoms with E-state index in [1.54, 1.807) is 6.20 Å². The fourth-order valence-electron chi connectivity index (χ4n) is 3.80. The molecule has 0 amide bonds. The van der Waals surface area contributed by atoms with Crippen molar-refractivity contribution in [2.75, 3.05) is 29.4 Å². The Hall–Kier alpha value is -3.40. The Balaban J connectivity index is 1.48. The van der Waals surface area contributed by atoms with Crippen molar-refractivity contribution in [3.8, 4) is 11.8 Å². The average Bonchev–Trinajstić information content (AvgIpc) is 2.76. The summed E-state index contributed by atoms with van der Waals surface area (Å²) in [5.74, 6) is -1.21. The number of hydrogen-bond acceptors (Lipinski definition) is 5. The minimum Gasteiger partial charge on any atom is -0.487 e. The van der Waals surface area contributed by atoms with Crippen LogP contribution in [-0.2, 0) is 0 Å². The van der Waals surface area contributed by atoms with Crippen LogP contribution in [0.2, 0.25) is 0 Å².